The van der Waals surface area contributed by atoms with E-state index in [0.717, 1.165) is 11.1 Å². The fourth-order valence-corrected chi connectivity index (χ4v) is 4.17. The Hall–Kier alpha value is -3.99. The van der Waals surface area contributed by atoms with E-state index in [1.165, 1.54) is 16.7 Å². The number of carbonyl (C=O) groups is 2. The molecule has 2 aliphatic rings. The quantitative estimate of drug-likeness (QED) is 0.653. The van der Waals surface area contributed by atoms with Crippen molar-refractivity contribution in [2.24, 2.45) is 0 Å². The zero-order chi connectivity index (χ0) is 22.1. The lowest BCUT2D eigenvalue weighted by molar-refractivity contribution is -0.114. The number of hydrogen-bond acceptors (Lipinski definition) is 3. The van der Waals surface area contributed by atoms with Gasteiger partial charge >= 0.3 is 0 Å². The summed E-state index contributed by atoms with van der Waals surface area (Å²) in [4.78, 5) is 25.4. The Morgan fingerprint density at radius 3 is 2.75 bits per heavy atom. The van der Waals surface area contributed by atoms with Gasteiger partial charge in [-0.1, -0.05) is 60.7 Å². The molecule has 0 atom stereocenters. The van der Waals surface area contributed by atoms with Crippen molar-refractivity contribution in [2.45, 2.75) is 26.3 Å². The SMILES string of the molecule is Cc1ccccc1Cn1cc(NC(=O)C2=CCC(=O)C(C3=Cc4ccccc4C3)=C2)cn1. The van der Waals surface area contributed by atoms with Crippen LogP contribution in [0.25, 0.3) is 6.08 Å². The van der Waals surface area contributed by atoms with Gasteiger partial charge in [0.1, 0.15) is 0 Å². The number of allylic oxidation sites excluding steroid dienone is 3. The van der Waals surface area contributed by atoms with Crippen LogP contribution in [0.5, 0.6) is 0 Å². The summed E-state index contributed by atoms with van der Waals surface area (Å²) in [5.74, 6) is -0.187. The number of aromatic nitrogens is 2. The molecule has 0 saturated carbocycles. The van der Waals surface area contributed by atoms with Gasteiger partial charge in [0, 0.05) is 23.8 Å². The number of fused-ring (bicyclic) bond motifs is 1. The normalized spacial score (nSPS) is 15.0. The van der Waals surface area contributed by atoms with Crippen molar-refractivity contribution in [3.05, 3.63) is 112 Å². The highest BCUT2D eigenvalue weighted by atomic mass is 16.2. The van der Waals surface area contributed by atoms with Crippen molar-refractivity contribution < 1.29 is 9.59 Å². The Morgan fingerprint density at radius 1 is 1.09 bits per heavy atom. The van der Waals surface area contributed by atoms with Gasteiger partial charge in [0.05, 0.1) is 18.4 Å². The first-order valence-electron chi connectivity index (χ1n) is 10.7. The number of amides is 1. The predicted molar refractivity (Wildman–Crippen MR) is 125 cm³/mol. The van der Waals surface area contributed by atoms with Gasteiger partial charge < -0.3 is 5.32 Å². The number of Topliss-reactive ketones (excluding diaryl/α,β-unsaturated/α-hetero) is 1. The minimum Gasteiger partial charge on any atom is -0.319 e. The third-order valence-electron chi connectivity index (χ3n) is 5.97. The van der Waals surface area contributed by atoms with E-state index >= 15 is 0 Å². The standard InChI is InChI=1S/C27H23N3O2/c1-18-6-2-3-9-22(18)16-30-17-24(15-28-30)29-27(32)21-10-11-26(31)25(14-21)23-12-19-7-4-5-8-20(19)13-23/h2-10,12,14-15,17H,11,13,16H2,1H3,(H,29,32). The van der Waals surface area contributed by atoms with Crippen molar-refractivity contribution in [3.63, 3.8) is 0 Å². The lowest BCUT2D eigenvalue weighted by atomic mass is 9.91. The maximum absolute atomic E-state index is 12.9. The van der Waals surface area contributed by atoms with Crippen LogP contribution < -0.4 is 5.32 Å². The summed E-state index contributed by atoms with van der Waals surface area (Å²) in [6.07, 6.45) is 9.88. The number of aryl methyl sites for hydroxylation is 1. The van der Waals surface area contributed by atoms with E-state index in [0.29, 0.717) is 29.8 Å². The van der Waals surface area contributed by atoms with Crippen LogP contribution >= 0.6 is 0 Å². The highest BCUT2D eigenvalue weighted by molar-refractivity contribution is 6.12. The average molecular weight is 422 g/mol. The topological polar surface area (TPSA) is 64.0 Å². The molecule has 158 valence electrons. The molecule has 0 saturated heterocycles. The second kappa shape index (κ2) is 8.27. The molecule has 1 amide bonds. The number of hydrogen-bond donors (Lipinski definition) is 1. The summed E-state index contributed by atoms with van der Waals surface area (Å²) in [7, 11) is 0. The first-order chi connectivity index (χ1) is 15.6. The summed E-state index contributed by atoms with van der Waals surface area (Å²) in [6.45, 7) is 2.71. The Balaban J connectivity index is 1.30. The third kappa shape index (κ3) is 3.97. The molecular formula is C27H23N3O2. The Labute approximate surface area is 186 Å². The Kier molecular flexibility index (Phi) is 5.15. The summed E-state index contributed by atoms with van der Waals surface area (Å²) < 4.78 is 1.80. The van der Waals surface area contributed by atoms with Crippen molar-refractivity contribution in [1.29, 1.82) is 0 Å². The molecule has 1 heterocycles. The molecule has 3 aromatic rings. The van der Waals surface area contributed by atoms with Gasteiger partial charge in [0.15, 0.2) is 5.78 Å². The maximum atomic E-state index is 12.9. The van der Waals surface area contributed by atoms with Gasteiger partial charge in [0.2, 0.25) is 0 Å². The molecule has 5 nitrogen and oxygen atoms in total. The molecule has 0 spiro atoms. The summed E-state index contributed by atoms with van der Waals surface area (Å²) in [6, 6.07) is 16.3. The molecule has 0 radical (unpaired) electrons. The van der Waals surface area contributed by atoms with Crippen LogP contribution in [0.15, 0.2) is 89.8 Å². The fraction of sp³-hybridized carbons (Fsp3) is 0.148. The molecule has 5 heteroatoms. The van der Waals surface area contributed by atoms with Crippen molar-refractivity contribution in [2.75, 3.05) is 5.32 Å². The first kappa shape index (κ1) is 19.9. The van der Waals surface area contributed by atoms with E-state index in [9.17, 15) is 9.59 Å². The summed E-state index contributed by atoms with van der Waals surface area (Å²) in [5.41, 5.74) is 7.46. The van der Waals surface area contributed by atoms with E-state index in [1.54, 1.807) is 23.0 Å². The van der Waals surface area contributed by atoms with Crippen molar-refractivity contribution >= 4 is 23.5 Å². The monoisotopic (exact) mass is 421 g/mol. The Morgan fingerprint density at radius 2 is 1.91 bits per heavy atom. The number of ketones is 1. The maximum Gasteiger partial charge on any atom is 0.255 e. The van der Waals surface area contributed by atoms with Crippen molar-refractivity contribution in [1.82, 2.24) is 9.78 Å². The van der Waals surface area contributed by atoms with Gasteiger partial charge in [-0.05, 0) is 47.2 Å². The number of benzene rings is 2. The predicted octanol–water partition coefficient (Wildman–Crippen LogP) is 4.64. The lowest BCUT2D eigenvalue weighted by Gasteiger charge is -2.14. The van der Waals surface area contributed by atoms with Gasteiger partial charge in [-0.3, -0.25) is 14.3 Å². The van der Waals surface area contributed by atoms with Gasteiger partial charge in [-0.2, -0.15) is 5.10 Å². The van der Waals surface area contributed by atoms with Crippen LogP contribution in [-0.4, -0.2) is 21.5 Å². The molecule has 0 bridgehead atoms. The zero-order valence-electron chi connectivity index (χ0n) is 17.8. The molecule has 2 aromatic carbocycles. The Bertz CT molecular complexity index is 1320. The number of rotatable bonds is 5. The number of anilines is 1. The van der Waals surface area contributed by atoms with Crippen LogP contribution in [0, 0.1) is 6.92 Å². The molecular weight excluding hydrogens is 398 g/mol. The molecule has 5 rings (SSSR count). The van der Waals surface area contributed by atoms with E-state index in [2.05, 4.69) is 41.6 Å². The second-order valence-electron chi connectivity index (χ2n) is 8.20. The molecule has 1 N–H and O–H groups in total. The van der Waals surface area contributed by atoms with Gasteiger partial charge in [0.25, 0.3) is 5.91 Å². The molecule has 2 aliphatic carbocycles. The number of carbonyl (C=O) groups excluding carboxylic acids is 2. The van der Waals surface area contributed by atoms with Crippen LogP contribution in [0.2, 0.25) is 0 Å². The fourth-order valence-electron chi connectivity index (χ4n) is 4.17. The summed E-state index contributed by atoms with van der Waals surface area (Å²) >= 11 is 0. The lowest BCUT2D eigenvalue weighted by Crippen LogP contribution is -2.18. The van der Waals surface area contributed by atoms with Crippen LogP contribution in [0.3, 0.4) is 0 Å². The van der Waals surface area contributed by atoms with Crippen LogP contribution in [-0.2, 0) is 22.6 Å². The highest BCUT2D eigenvalue weighted by Crippen LogP contribution is 2.32. The van der Waals surface area contributed by atoms with Crippen LogP contribution in [0.4, 0.5) is 5.69 Å². The first-order valence-corrected chi connectivity index (χ1v) is 10.7. The second-order valence-corrected chi connectivity index (χ2v) is 8.20. The minimum absolute atomic E-state index is 0.0478. The molecule has 1 aromatic heterocycles. The largest absolute Gasteiger partial charge is 0.319 e. The molecule has 32 heavy (non-hydrogen) atoms. The third-order valence-corrected chi connectivity index (χ3v) is 5.97. The average Bonchev–Trinajstić information content (AvgIpc) is 3.42. The molecule has 0 unspecified atom stereocenters. The zero-order valence-corrected chi connectivity index (χ0v) is 17.8. The highest BCUT2D eigenvalue weighted by Gasteiger charge is 2.24. The minimum atomic E-state index is -0.235. The number of nitrogens with one attached hydrogen (secondary N) is 1. The van der Waals surface area contributed by atoms with Crippen molar-refractivity contribution in [3.8, 4) is 0 Å². The van der Waals surface area contributed by atoms with E-state index in [4.69, 9.17) is 0 Å². The van der Waals surface area contributed by atoms with Gasteiger partial charge in [-0.25, -0.2) is 0 Å². The smallest absolute Gasteiger partial charge is 0.255 e. The molecule has 0 fully saturated rings. The van der Waals surface area contributed by atoms with E-state index < -0.39 is 0 Å². The van der Waals surface area contributed by atoms with E-state index in [1.807, 2.05) is 36.5 Å². The van der Waals surface area contributed by atoms with Crippen LogP contribution in [0.1, 0.15) is 28.7 Å². The number of nitrogens with zero attached hydrogens (tertiary/aromatic N) is 2. The van der Waals surface area contributed by atoms with Gasteiger partial charge in [-0.15, -0.1) is 0 Å². The summed E-state index contributed by atoms with van der Waals surface area (Å²) in [5, 5.41) is 7.28. The van der Waals surface area contributed by atoms with E-state index in [-0.39, 0.29) is 18.1 Å². The molecule has 0 aliphatic heterocycles.